The molecule has 18 heavy (non-hydrogen) atoms. The molecule has 2 rings (SSSR count). The van der Waals surface area contributed by atoms with E-state index in [0.717, 1.165) is 35.0 Å². The van der Waals surface area contributed by atoms with Crippen LogP contribution in [0.3, 0.4) is 0 Å². The maximum Gasteiger partial charge on any atom is 0.165 e. The number of rotatable bonds is 6. The Bertz CT molecular complexity index is 432. The highest BCUT2D eigenvalue weighted by Gasteiger charge is 2.32. The average molecular weight is 310 g/mol. The van der Waals surface area contributed by atoms with Crippen molar-refractivity contribution in [1.82, 2.24) is 4.90 Å². The van der Waals surface area contributed by atoms with Crippen LogP contribution in [0.5, 0.6) is 0 Å². The lowest BCUT2D eigenvalue weighted by Crippen LogP contribution is -2.24. The second kappa shape index (κ2) is 5.98. The maximum atomic E-state index is 12.1. The zero-order chi connectivity index (χ0) is 13.1. The van der Waals surface area contributed by atoms with E-state index in [-0.39, 0.29) is 5.78 Å². The normalized spacial score (nSPS) is 22.2. The third-order valence-corrected chi connectivity index (χ3v) is 4.41. The summed E-state index contributed by atoms with van der Waals surface area (Å²) in [7, 11) is 2.11. The van der Waals surface area contributed by atoms with E-state index in [9.17, 15) is 4.79 Å². The molecule has 1 aliphatic rings. The monoisotopic (exact) mass is 309 g/mol. The molecule has 0 amide bonds. The number of benzene rings is 1. The SMILES string of the molecule is CC1CC1CN(C)CCC(=O)c1ccccc1Br. The maximum absolute atomic E-state index is 12.1. The molecule has 3 heteroatoms. The molecule has 0 aliphatic heterocycles. The predicted molar refractivity (Wildman–Crippen MR) is 77.9 cm³/mol. The molecule has 2 nitrogen and oxygen atoms in total. The van der Waals surface area contributed by atoms with Gasteiger partial charge in [0.15, 0.2) is 5.78 Å². The minimum absolute atomic E-state index is 0.221. The summed E-state index contributed by atoms with van der Waals surface area (Å²) in [6.45, 7) is 4.28. The van der Waals surface area contributed by atoms with Gasteiger partial charge in [-0.15, -0.1) is 0 Å². The summed E-state index contributed by atoms with van der Waals surface area (Å²) in [4.78, 5) is 14.4. The Labute approximate surface area is 117 Å². The topological polar surface area (TPSA) is 20.3 Å². The van der Waals surface area contributed by atoms with E-state index < -0.39 is 0 Å². The largest absolute Gasteiger partial charge is 0.306 e. The van der Waals surface area contributed by atoms with E-state index >= 15 is 0 Å². The van der Waals surface area contributed by atoms with Crippen LogP contribution in [0.1, 0.15) is 30.1 Å². The number of nitrogens with zero attached hydrogens (tertiary/aromatic N) is 1. The molecule has 1 aromatic carbocycles. The summed E-state index contributed by atoms with van der Waals surface area (Å²) < 4.78 is 0.897. The molecule has 0 spiro atoms. The number of hydrogen-bond acceptors (Lipinski definition) is 2. The smallest absolute Gasteiger partial charge is 0.165 e. The first-order valence-electron chi connectivity index (χ1n) is 6.54. The fourth-order valence-corrected chi connectivity index (χ4v) is 2.77. The van der Waals surface area contributed by atoms with E-state index in [1.807, 2.05) is 24.3 Å². The van der Waals surface area contributed by atoms with Crippen LogP contribution in [0.4, 0.5) is 0 Å². The lowest BCUT2D eigenvalue weighted by Gasteiger charge is -2.16. The Morgan fingerprint density at radius 3 is 2.72 bits per heavy atom. The number of hydrogen-bond donors (Lipinski definition) is 0. The Hall–Kier alpha value is -0.670. The highest BCUT2D eigenvalue weighted by atomic mass is 79.9. The molecule has 1 aromatic rings. The predicted octanol–water partition coefficient (Wildman–Crippen LogP) is 3.61. The second-order valence-electron chi connectivity index (χ2n) is 5.39. The van der Waals surface area contributed by atoms with Crippen molar-refractivity contribution in [2.45, 2.75) is 19.8 Å². The highest BCUT2D eigenvalue weighted by molar-refractivity contribution is 9.10. The van der Waals surface area contributed by atoms with E-state index in [2.05, 4.69) is 34.8 Å². The van der Waals surface area contributed by atoms with Crippen LogP contribution in [0.15, 0.2) is 28.7 Å². The molecule has 0 bridgehead atoms. The standard InChI is InChI=1S/C15H20BrNO/c1-11-9-12(11)10-17(2)8-7-15(18)13-5-3-4-6-14(13)16/h3-6,11-12H,7-10H2,1-2H3. The molecule has 2 atom stereocenters. The van der Waals surface area contributed by atoms with Crippen molar-refractivity contribution in [3.05, 3.63) is 34.3 Å². The van der Waals surface area contributed by atoms with Crippen molar-refractivity contribution in [3.8, 4) is 0 Å². The van der Waals surface area contributed by atoms with Crippen molar-refractivity contribution >= 4 is 21.7 Å². The summed E-state index contributed by atoms with van der Waals surface area (Å²) in [5.74, 6) is 1.96. The fourth-order valence-electron chi connectivity index (χ4n) is 2.26. The lowest BCUT2D eigenvalue weighted by molar-refractivity contribution is 0.0967. The molecule has 0 saturated heterocycles. The van der Waals surface area contributed by atoms with Gasteiger partial charge in [-0.1, -0.05) is 41.1 Å². The molecular formula is C15H20BrNO. The first-order chi connectivity index (χ1) is 8.58. The summed E-state index contributed by atoms with van der Waals surface area (Å²) in [6.07, 6.45) is 1.95. The van der Waals surface area contributed by atoms with Crippen LogP contribution in [-0.2, 0) is 0 Å². The van der Waals surface area contributed by atoms with E-state index in [0.29, 0.717) is 6.42 Å². The van der Waals surface area contributed by atoms with Gasteiger partial charge in [0.2, 0.25) is 0 Å². The van der Waals surface area contributed by atoms with Gasteiger partial charge in [0.1, 0.15) is 0 Å². The van der Waals surface area contributed by atoms with Gasteiger partial charge in [-0.25, -0.2) is 0 Å². The first-order valence-corrected chi connectivity index (χ1v) is 7.33. The van der Waals surface area contributed by atoms with Crippen LogP contribution >= 0.6 is 15.9 Å². The molecule has 1 saturated carbocycles. The number of ketones is 1. The van der Waals surface area contributed by atoms with Gasteiger partial charge in [0.05, 0.1) is 0 Å². The quantitative estimate of drug-likeness (QED) is 0.748. The van der Waals surface area contributed by atoms with Crippen LogP contribution in [0.2, 0.25) is 0 Å². The Balaban J connectivity index is 1.79. The summed E-state index contributed by atoms with van der Waals surface area (Å²) in [5.41, 5.74) is 0.797. The Kier molecular flexibility index (Phi) is 4.57. The van der Waals surface area contributed by atoms with Gasteiger partial charge in [0.25, 0.3) is 0 Å². The Morgan fingerprint density at radius 2 is 2.11 bits per heavy atom. The fraction of sp³-hybridized carbons (Fsp3) is 0.533. The molecular weight excluding hydrogens is 290 g/mol. The van der Waals surface area contributed by atoms with Crippen molar-refractivity contribution in [3.63, 3.8) is 0 Å². The zero-order valence-corrected chi connectivity index (χ0v) is 12.6. The van der Waals surface area contributed by atoms with Gasteiger partial charge in [0, 0.05) is 29.5 Å². The van der Waals surface area contributed by atoms with E-state index in [1.54, 1.807) is 0 Å². The van der Waals surface area contributed by atoms with Crippen molar-refractivity contribution in [2.24, 2.45) is 11.8 Å². The third kappa shape index (κ3) is 3.66. The molecule has 2 unspecified atom stereocenters. The average Bonchev–Trinajstić information content (AvgIpc) is 3.02. The minimum Gasteiger partial charge on any atom is -0.306 e. The van der Waals surface area contributed by atoms with Crippen LogP contribution in [0.25, 0.3) is 0 Å². The zero-order valence-electron chi connectivity index (χ0n) is 11.0. The highest BCUT2D eigenvalue weighted by Crippen LogP contribution is 2.37. The third-order valence-electron chi connectivity index (χ3n) is 3.72. The van der Waals surface area contributed by atoms with Crippen molar-refractivity contribution < 1.29 is 4.79 Å². The number of Topliss-reactive ketones (excluding diaryl/α,β-unsaturated/α-hetero) is 1. The van der Waals surface area contributed by atoms with Gasteiger partial charge in [-0.05, 0) is 31.4 Å². The van der Waals surface area contributed by atoms with Gasteiger partial charge < -0.3 is 4.90 Å². The van der Waals surface area contributed by atoms with E-state index in [4.69, 9.17) is 0 Å². The van der Waals surface area contributed by atoms with E-state index in [1.165, 1.54) is 6.42 Å². The molecule has 0 aromatic heterocycles. The number of carbonyl (C=O) groups is 1. The lowest BCUT2D eigenvalue weighted by atomic mass is 10.1. The summed E-state index contributed by atoms with van der Waals surface area (Å²) in [6, 6.07) is 7.65. The molecule has 0 N–H and O–H groups in total. The molecule has 1 aliphatic carbocycles. The second-order valence-corrected chi connectivity index (χ2v) is 6.24. The molecule has 0 heterocycles. The number of halogens is 1. The van der Waals surface area contributed by atoms with Gasteiger partial charge in [-0.3, -0.25) is 4.79 Å². The van der Waals surface area contributed by atoms with Gasteiger partial charge in [-0.2, -0.15) is 0 Å². The number of carbonyl (C=O) groups excluding carboxylic acids is 1. The first kappa shape index (κ1) is 13.8. The molecule has 1 fully saturated rings. The van der Waals surface area contributed by atoms with Crippen LogP contribution < -0.4 is 0 Å². The van der Waals surface area contributed by atoms with Crippen LogP contribution in [0, 0.1) is 11.8 Å². The van der Waals surface area contributed by atoms with Crippen molar-refractivity contribution in [2.75, 3.05) is 20.1 Å². The molecule has 0 radical (unpaired) electrons. The molecule has 98 valence electrons. The summed E-state index contributed by atoms with van der Waals surface area (Å²) in [5, 5.41) is 0. The minimum atomic E-state index is 0.221. The van der Waals surface area contributed by atoms with Crippen molar-refractivity contribution in [1.29, 1.82) is 0 Å². The Morgan fingerprint density at radius 1 is 1.44 bits per heavy atom. The van der Waals surface area contributed by atoms with Crippen LogP contribution in [-0.4, -0.2) is 30.8 Å². The van der Waals surface area contributed by atoms with Gasteiger partial charge >= 0.3 is 0 Å². The summed E-state index contributed by atoms with van der Waals surface area (Å²) >= 11 is 3.43.